The summed E-state index contributed by atoms with van der Waals surface area (Å²) < 4.78 is 34.7. The van der Waals surface area contributed by atoms with Crippen molar-refractivity contribution in [2.75, 3.05) is 0 Å². The van der Waals surface area contributed by atoms with E-state index in [-0.39, 0.29) is 16.7 Å². The van der Waals surface area contributed by atoms with Crippen LogP contribution in [-0.2, 0) is 11.8 Å². The molecule has 2 heterocycles. The van der Waals surface area contributed by atoms with Gasteiger partial charge in [-0.2, -0.15) is 5.10 Å². The Hall–Kier alpha value is -3.03. The molecule has 2 aromatic heterocycles. The highest BCUT2D eigenvalue weighted by Gasteiger charge is 2.24. The number of aryl methyl sites for hydroxylation is 2. The predicted octanol–water partition coefficient (Wildman–Crippen LogP) is 2.44. The van der Waals surface area contributed by atoms with Crippen molar-refractivity contribution in [1.29, 1.82) is 0 Å². The van der Waals surface area contributed by atoms with Crippen LogP contribution in [0.1, 0.15) is 12.6 Å². The average molecular weight is 333 g/mol. The Labute approximate surface area is 134 Å². The molecule has 1 N–H and O–H groups in total. The van der Waals surface area contributed by atoms with Crippen LogP contribution in [0.5, 0.6) is 5.75 Å². The summed E-state index contributed by atoms with van der Waals surface area (Å²) in [6.07, 6.45) is 0. The van der Waals surface area contributed by atoms with E-state index < -0.39 is 34.3 Å². The van der Waals surface area contributed by atoms with E-state index in [2.05, 4.69) is 10.1 Å². The first-order valence-electron chi connectivity index (χ1n) is 7.03. The standard InChI is InChI=1S/C16H13F2N3O3/c1-7-11-14(23)15(24-8(2)22)13(19-16(11)21(3)20-7)12-9(17)5-4-6-10(12)18/h4-6H,1-3H3,(H,19,23). The Morgan fingerprint density at radius 1 is 1.29 bits per heavy atom. The van der Waals surface area contributed by atoms with Gasteiger partial charge in [0.05, 0.1) is 16.6 Å². The first-order chi connectivity index (χ1) is 11.3. The molecule has 0 fully saturated rings. The number of ether oxygens (including phenoxy) is 1. The smallest absolute Gasteiger partial charge is 0.308 e. The third-order valence-corrected chi connectivity index (χ3v) is 3.58. The van der Waals surface area contributed by atoms with E-state index in [0.717, 1.165) is 19.1 Å². The van der Waals surface area contributed by atoms with E-state index in [1.807, 2.05) is 0 Å². The number of halogens is 2. The van der Waals surface area contributed by atoms with Crippen molar-refractivity contribution in [3.63, 3.8) is 0 Å². The van der Waals surface area contributed by atoms with Gasteiger partial charge in [-0.1, -0.05) is 6.07 Å². The number of esters is 1. The number of rotatable bonds is 2. The number of carbonyl (C=O) groups excluding carboxylic acids is 1. The van der Waals surface area contributed by atoms with Crippen LogP contribution in [0.2, 0.25) is 0 Å². The highest BCUT2D eigenvalue weighted by Crippen LogP contribution is 2.32. The molecular weight excluding hydrogens is 320 g/mol. The Kier molecular flexibility index (Phi) is 3.67. The molecule has 0 atom stereocenters. The summed E-state index contributed by atoms with van der Waals surface area (Å²) in [5.74, 6) is -3.02. The molecule has 0 bridgehead atoms. The number of hydrogen-bond acceptors (Lipinski definition) is 4. The van der Waals surface area contributed by atoms with E-state index in [0.29, 0.717) is 5.69 Å². The van der Waals surface area contributed by atoms with Crippen molar-refractivity contribution < 1.29 is 18.3 Å². The molecule has 0 spiro atoms. The second kappa shape index (κ2) is 5.55. The minimum Gasteiger partial charge on any atom is -0.420 e. The predicted molar refractivity (Wildman–Crippen MR) is 82.7 cm³/mol. The van der Waals surface area contributed by atoms with E-state index in [1.54, 1.807) is 14.0 Å². The van der Waals surface area contributed by atoms with Gasteiger partial charge in [-0.3, -0.25) is 14.3 Å². The third-order valence-electron chi connectivity index (χ3n) is 3.58. The lowest BCUT2D eigenvalue weighted by atomic mass is 10.1. The molecule has 6 nitrogen and oxygen atoms in total. The number of fused-ring (bicyclic) bond motifs is 1. The fourth-order valence-corrected chi connectivity index (χ4v) is 2.63. The van der Waals surface area contributed by atoms with Crippen molar-refractivity contribution in [3.05, 3.63) is 45.8 Å². The van der Waals surface area contributed by atoms with Crippen LogP contribution in [0.25, 0.3) is 22.3 Å². The normalized spacial score (nSPS) is 11.0. The number of nitrogens with one attached hydrogen (secondary N) is 1. The second-order valence-corrected chi connectivity index (χ2v) is 5.28. The van der Waals surface area contributed by atoms with Gasteiger partial charge < -0.3 is 9.72 Å². The Bertz CT molecular complexity index is 1020. The van der Waals surface area contributed by atoms with Crippen LogP contribution in [0.15, 0.2) is 23.0 Å². The van der Waals surface area contributed by atoms with Gasteiger partial charge in [-0.15, -0.1) is 0 Å². The molecule has 0 radical (unpaired) electrons. The molecule has 0 aliphatic rings. The molecule has 3 rings (SSSR count). The summed E-state index contributed by atoms with van der Waals surface area (Å²) >= 11 is 0. The number of aromatic amines is 1. The number of carbonyl (C=O) groups is 1. The SMILES string of the molecule is CC(=O)Oc1c(-c2c(F)cccc2F)[nH]c2c(c(C)nn2C)c1=O. The first-order valence-corrected chi connectivity index (χ1v) is 7.03. The number of nitrogens with zero attached hydrogens (tertiary/aromatic N) is 2. The maximum atomic E-state index is 14.2. The zero-order valence-corrected chi connectivity index (χ0v) is 13.1. The molecular formula is C16H13F2N3O3. The van der Waals surface area contributed by atoms with Crippen LogP contribution in [0.3, 0.4) is 0 Å². The van der Waals surface area contributed by atoms with Gasteiger partial charge in [0, 0.05) is 14.0 Å². The van der Waals surface area contributed by atoms with E-state index in [4.69, 9.17) is 4.74 Å². The average Bonchev–Trinajstić information content (AvgIpc) is 2.77. The molecule has 124 valence electrons. The van der Waals surface area contributed by atoms with Crippen LogP contribution in [0, 0.1) is 18.6 Å². The summed E-state index contributed by atoms with van der Waals surface area (Å²) in [6.45, 7) is 2.71. The summed E-state index contributed by atoms with van der Waals surface area (Å²) in [6, 6.07) is 3.30. The Morgan fingerprint density at radius 2 is 1.92 bits per heavy atom. The topological polar surface area (TPSA) is 77.0 Å². The van der Waals surface area contributed by atoms with Gasteiger partial charge in [0.25, 0.3) is 0 Å². The Morgan fingerprint density at radius 3 is 2.50 bits per heavy atom. The summed E-state index contributed by atoms with van der Waals surface area (Å²) in [7, 11) is 1.58. The summed E-state index contributed by atoms with van der Waals surface area (Å²) in [4.78, 5) is 26.9. The van der Waals surface area contributed by atoms with E-state index in [1.165, 1.54) is 10.7 Å². The molecule has 0 amide bonds. The fraction of sp³-hybridized carbons (Fsp3) is 0.188. The second-order valence-electron chi connectivity index (χ2n) is 5.28. The molecule has 0 saturated carbocycles. The minimum absolute atomic E-state index is 0.189. The maximum absolute atomic E-state index is 14.2. The van der Waals surface area contributed by atoms with Crippen molar-refractivity contribution in [3.8, 4) is 17.0 Å². The minimum atomic E-state index is -0.891. The molecule has 0 saturated heterocycles. The monoisotopic (exact) mass is 333 g/mol. The number of H-pyrrole nitrogens is 1. The van der Waals surface area contributed by atoms with Crippen molar-refractivity contribution in [2.45, 2.75) is 13.8 Å². The van der Waals surface area contributed by atoms with Gasteiger partial charge in [0.15, 0.2) is 0 Å². The number of pyridine rings is 1. The lowest BCUT2D eigenvalue weighted by Gasteiger charge is -2.11. The number of aromatic nitrogens is 3. The molecule has 3 aromatic rings. The van der Waals surface area contributed by atoms with E-state index >= 15 is 0 Å². The molecule has 0 aliphatic heterocycles. The van der Waals surface area contributed by atoms with Gasteiger partial charge in [-0.25, -0.2) is 8.78 Å². The molecule has 0 aliphatic carbocycles. The molecule has 8 heteroatoms. The first kappa shape index (κ1) is 15.9. The van der Waals surface area contributed by atoms with Gasteiger partial charge in [-0.05, 0) is 19.1 Å². The van der Waals surface area contributed by atoms with Gasteiger partial charge in [0.1, 0.15) is 23.0 Å². The lowest BCUT2D eigenvalue weighted by molar-refractivity contribution is -0.131. The summed E-state index contributed by atoms with van der Waals surface area (Å²) in [5, 5.41) is 4.30. The lowest BCUT2D eigenvalue weighted by Crippen LogP contribution is -2.16. The van der Waals surface area contributed by atoms with Crippen molar-refractivity contribution >= 4 is 17.0 Å². The highest BCUT2D eigenvalue weighted by atomic mass is 19.1. The summed E-state index contributed by atoms with van der Waals surface area (Å²) in [5.41, 5.74) is -0.719. The van der Waals surface area contributed by atoms with Crippen molar-refractivity contribution in [1.82, 2.24) is 14.8 Å². The fourth-order valence-electron chi connectivity index (χ4n) is 2.63. The van der Waals surface area contributed by atoms with Crippen molar-refractivity contribution in [2.24, 2.45) is 7.05 Å². The molecule has 1 aromatic carbocycles. The molecule has 24 heavy (non-hydrogen) atoms. The van der Waals surface area contributed by atoms with E-state index in [9.17, 15) is 18.4 Å². The van der Waals surface area contributed by atoms with Crippen LogP contribution in [-0.4, -0.2) is 20.7 Å². The molecule has 0 unspecified atom stereocenters. The van der Waals surface area contributed by atoms with Crippen LogP contribution >= 0.6 is 0 Å². The number of benzene rings is 1. The van der Waals surface area contributed by atoms with Crippen LogP contribution < -0.4 is 10.2 Å². The number of hydrogen-bond donors (Lipinski definition) is 1. The third kappa shape index (κ3) is 2.36. The van der Waals surface area contributed by atoms with Gasteiger partial charge in [0.2, 0.25) is 11.2 Å². The van der Waals surface area contributed by atoms with Gasteiger partial charge >= 0.3 is 5.97 Å². The quantitative estimate of drug-likeness (QED) is 0.731. The Balaban J connectivity index is 2.48. The highest BCUT2D eigenvalue weighted by molar-refractivity contribution is 5.86. The largest absolute Gasteiger partial charge is 0.420 e. The maximum Gasteiger partial charge on any atom is 0.308 e. The van der Waals surface area contributed by atoms with Crippen LogP contribution in [0.4, 0.5) is 8.78 Å². The zero-order valence-electron chi connectivity index (χ0n) is 13.1. The zero-order chi connectivity index (χ0) is 17.6.